The van der Waals surface area contributed by atoms with E-state index in [9.17, 15) is 14.4 Å². The van der Waals surface area contributed by atoms with Crippen LogP contribution in [0.5, 0.6) is 0 Å². The molecule has 6 heteroatoms. The number of carbonyl (C=O) groups excluding carboxylic acids is 3. The minimum Gasteiger partial charge on any atom is -0.462 e. The third-order valence-corrected chi connectivity index (χ3v) is 12.8. The van der Waals surface area contributed by atoms with E-state index in [1.54, 1.807) is 0 Å². The molecule has 6 nitrogen and oxygen atoms in total. The van der Waals surface area contributed by atoms with E-state index in [1.807, 2.05) is 0 Å². The second-order valence-corrected chi connectivity index (χ2v) is 19.9. The van der Waals surface area contributed by atoms with Gasteiger partial charge in [-0.1, -0.05) is 259 Å². The van der Waals surface area contributed by atoms with Crippen molar-refractivity contribution in [3.8, 4) is 0 Å². The molecule has 1 unspecified atom stereocenters. The SMILES string of the molecule is CC/C=C\C/C=C\C/C=C\C/C=C\C/C=C\C/C=C\C/C=C\C/C=C\CCCCC(=O)OCC(COC(=O)CCCCCCC/C=C\CCCCCC)OC(=O)CCCCCCCCCCCCCCCCC. The Morgan fingerprint density at radius 3 is 0.890 bits per heavy atom. The third kappa shape index (κ3) is 58.8. The van der Waals surface area contributed by atoms with Crippen LogP contribution in [0.15, 0.2) is 109 Å². The summed E-state index contributed by atoms with van der Waals surface area (Å²) in [7, 11) is 0. The van der Waals surface area contributed by atoms with E-state index in [0.29, 0.717) is 19.3 Å². The van der Waals surface area contributed by atoms with Gasteiger partial charge in [-0.2, -0.15) is 0 Å². The Morgan fingerprint density at radius 2 is 0.534 bits per heavy atom. The highest BCUT2D eigenvalue weighted by Gasteiger charge is 2.19. The molecule has 0 aliphatic rings. The molecule has 0 heterocycles. The fraction of sp³-hybridized carbons (Fsp3) is 0.687. The van der Waals surface area contributed by atoms with E-state index in [2.05, 4.69) is 130 Å². The fourth-order valence-electron chi connectivity index (χ4n) is 8.22. The van der Waals surface area contributed by atoms with Crippen LogP contribution in [0.1, 0.15) is 278 Å². The van der Waals surface area contributed by atoms with Crippen LogP contribution >= 0.6 is 0 Å². The molecule has 0 aromatic carbocycles. The molecule has 0 aromatic heterocycles. The summed E-state index contributed by atoms with van der Waals surface area (Å²) >= 11 is 0. The molecular weight excluding hydrogens is 901 g/mol. The number of hydrogen-bond donors (Lipinski definition) is 0. The molecule has 0 saturated carbocycles. The van der Waals surface area contributed by atoms with E-state index in [4.69, 9.17) is 14.2 Å². The Balaban J connectivity index is 4.41. The van der Waals surface area contributed by atoms with Crippen molar-refractivity contribution < 1.29 is 28.6 Å². The van der Waals surface area contributed by atoms with Crippen molar-refractivity contribution in [3.63, 3.8) is 0 Å². The number of ether oxygens (including phenoxy) is 3. The summed E-state index contributed by atoms with van der Waals surface area (Å²) in [6.45, 7) is 6.48. The predicted octanol–water partition coefficient (Wildman–Crippen LogP) is 20.7. The summed E-state index contributed by atoms with van der Waals surface area (Å²) < 4.78 is 16.8. The maximum Gasteiger partial charge on any atom is 0.306 e. The fourth-order valence-corrected chi connectivity index (χ4v) is 8.22. The highest BCUT2D eigenvalue weighted by Crippen LogP contribution is 2.15. The number of allylic oxidation sites excluding steroid dienone is 18. The van der Waals surface area contributed by atoms with Crippen LogP contribution < -0.4 is 0 Å². The summed E-state index contributed by atoms with van der Waals surface area (Å²) in [5.41, 5.74) is 0. The zero-order valence-electron chi connectivity index (χ0n) is 47.6. The van der Waals surface area contributed by atoms with Crippen LogP contribution in [0.25, 0.3) is 0 Å². The lowest BCUT2D eigenvalue weighted by Gasteiger charge is -2.18. The number of hydrogen-bond acceptors (Lipinski definition) is 6. The number of rotatable bonds is 54. The summed E-state index contributed by atoms with van der Waals surface area (Å²) in [6, 6.07) is 0. The van der Waals surface area contributed by atoms with Gasteiger partial charge in [0.1, 0.15) is 13.2 Å². The first kappa shape index (κ1) is 69.1. The Hall–Kier alpha value is -3.93. The van der Waals surface area contributed by atoms with Gasteiger partial charge in [-0.3, -0.25) is 14.4 Å². The van der Waals surface area contributed by atoms with Crippen LogP contribution in [0.2, 0.25) is 0 Å². The monoisotopic (exact) mass is 1010 g/mol. The Bertz CT molecular complexity index is 1490. The maximum atomic E-state index is 12.9. The quantitative estimate of drug-likeness (QED) is 0.0261. The van der Waals surface area contributed by atoms with Gasteiger partial charge in [0.15, 0.2) is 6.10 Å². The molecular formula is C67H112O6. The summed E-state index contributed by atoms with van der Waals surface area (Å²) in [5.74, 6) is -0.943. The van der Waals surface area contributed by atoms with Crippen molar-refractivity contribution in [2.24, 2.45) is 0 Å². The van der Waals surface area contributed by atoms with Crippen molar-refractivity contribution in [2.45, 2.75) is 284 Å². The van der Waals surface area contributed by atoms with E-state index in [1.165, 1.54) is 122 Å². The Labute approximate surface area is 450 Å². The molecule has 416 valence electrons. The van der Waals surface area contributed by atoms with Gasteiger partial charge < -0.3 is 14.2 Å². The summed E-state index contributed by atoms with van der Waals surface area (Å²) in [5, 5.41) is 0. The smallest absolute Gasteiger partial charge is 0.306 e. The average Bonchev–Trinajstić information content (AvgIpc) is 3.39. The highest BCUT2D eigenvalue weighted by atomic mass is 16.6. The standard InChI is InChI=1S/C67H112O6/c1-4-7-10-13-16-19-22-25-27-28-29-30-31-32-33-34-35-36-37-38-40-42-45-48-51-54-57-60-66(69)72-63-64(62-71-65(68)59-56-53-50-47-44-41-24-21-18-15-12-9-6-3)73-67(70)61-58-55-52-49-46-43-39-26-23-20-17-14-11-8-5-2/h7,10,16,19,21,24-25,27,29-30,32-33,35-36,38,40,45,48,64H,4-6,8-9,11-15,17-18,20,22-23,26,28,31,34,37,39,41-44,46-47,49-63H2,1-3H3/b10-7-,19-16-,24-21-,27-25-,30-29-,33-32-,36-35-,40-38-,48-45-. The molecule has 0 rings (SSSR count). The zero-order valence-corrected chi connectivity index (χ0v) is 47.6. The van der Waals surface area contributed by atoms with Crippen molar-refractivity contribution >= 4 is 17.9 Å². The van der Waals surface area contributed by atoms with Gasteiger partial charge in [0.2, 0.25) is 0 Å². The second-order valence-electron chi connectivity index (χ2n) is 19.9. The van der Waals surface area contributed by atoms with Crippen LogP contribution in [-0.2, 0) is 28.6 Å². The largest absolute Gasteiger partial charge is 0.462 e. The van der Waals surface area contributed by atoms with E-state index < -0.39 is 6.10 Å². The van der Waals surface area contributed by atoms with Gasteiger partial charge in [0.05, 0.1) is 0 Å². The highest BCUT2D eigenvalue weighted by molar-refractivity contribution is 5.71. The minimum absolute atomic E-state index is 0.0951. The first-order valence-electron chi connectivity index (χ1n) is 30.4. The molecule has 0 spiro atoms. The summed E-state index contributed by atoms with van der Waals surface area (Å²) in [6.07, 6.45) is 82.3. The molecule has 73 heavy (non-hydrogen) atoms. The topological polar surface area (TPSA) is 78.9 Å². The van der Waals surface area contributed by atoms with Gasteiger partial charge in [0, 0.05) is 19.3 Å². The third-order valence-electron chi connectivity index (χ3n) is 12.8. The zero-order chi connectivity index (χ0) is 52.9. The van der Waals surface area contributed by atoms with Crippen molar-refractivity contribution in [3.05, 3.63) is 109 Å². The first-order valence-corrected chi connectivity index (χ1v) is 30.4. The number of unbranched alkanes of at least 4 members (excludes halogenated alkanes) is 25. The lowest BCUT2D eigenvalue weighted by molar-refractivity contribution is -0.167. The Kier molecular flexibility index (Phi) is 57.4. The second kappa shape index (κ2) is 60.6. The maximum absolute atomic E-state index is 12.9. The van der Waals surface area contributed by atoms with Crippen LogP contribution in [0, 0.1) is 0 Å². The van der Waals surface area contributed by atoms with Gasteiger partial charge in [-0.05, 0) is 109 Å². The van der Waals surface area contributed by atoms with Gasteiger partial charge in [0.25, 0.3) is 0 Å². The molecule has 1 atom stereocenters. The number of esters is 3. The molecule has 0 radical (unpaired) electrons. The van der Waals surface area contributed by atoms with Crippen molar-refractivity contribution in [1.29, 1.82) is 0 Å². The van der Waals surface area contributed by atoms with Crippen LogP contribution in [0.4, 0.5) is 0 Å². The minimum atomic E-state index is -0.799. The molecule has 0 aliphatic carbocycles. The average molecular weight is 1010 g/mol. The molecule has 0 fully saturated rings. The molecule has 0 amide bonds. The molecule has 0 bridgehead atoms. The van der Waals surface area contributed by atoms with Gasteiger partial charge in [-0.25, -0.2) is 0 Å². The van der Waals surface area contributed by atoms with E-state index >= 15 is 0 Å². The lowest BCUT2D eigenvalue weighted by atomic mass is 10.0. The lowest BCUT2D eigenvalue weighted by Crippen LogP contribution is -2.30. The number of carbonyl (C=O) groups is 3. The molecule has 0 saturated heterocycles. The van der Waals surface area contributed by atoms with Crippen molar-refractivity contribution in [2.75, 3.05) is 13.2 Å². The van der Waals surface area contributed by atoms with Crippen LogP contribution in [-0.4, -0.2) is 37.2 Å². The first-order chi connectivity index (χ1) is 36.0. The van der Waals surface area contributed by atoms with Crippen LogP contribution in [0.3, 0.4) is 0 Å². The van der Waals surface area contributed by atoms with Gasteiger partial charge >= 0.3 is 17.9 Å². The summed E-state index contributed by atoms with van der Waals surface area (Å²) in [4.78, 5) is 38.2. The van der Waals surface area contributed by atoms with E-state index in [-0.39, 0.29) is 31.1 Å². The Morgan fingerprint density at radius 1 is 0.288 bits per heavy atom. The molecule has 0 aromatic rings. The molecule has 0 aliphatic heterocycles. The predicted molar refractivity (Wildman–Crippen MR) is 316 cm³/mol. The normalized spacial score (nSPS) is 12.9. The van der Waals surface area contributed by atoms with Crippen molar-refractivity contribution in [1.82, 2.24) is 0 Å². The van der Waals surface area contributed by atoms with E-state index in [0.717, 1.165) is 116 Å². The van der Waals surface area contributed by atoms with Gasteiger partial charge in [-0.15, -0.1) is 0 Å². The molecule has 0 N–H and O–H groups in total.